The van der Waals surface area contributed by atoms with Crippen molar-refractivity contribution in [3.63, 3.8) is 0 Å². The Balaban J connectivity index is 2.53. The largest absolute Gasteiger partial charge is 0.494 e. The minimum absolute atomic E-state index is 0.0437. The van der Waals surface area contributed by atoms with Gasteiger partial charge in [0.15, 0.2) is 5.88 Å². The molecule has 2 aromatic heterocycles. The number of nitrogen functional groups attached to an aromatic ring is 1. The number of aliphatic hydroxyl groups excluding tert-OH is 2. The predicted molar refractivity (Wildman–Crippen MR) is 69.1 cm³/mol. The Kier molecular flexibility index (Phi) is 3.35. The average molecular weight is 254 g/mol. The second kappa shape index (κ2) is 4.79. The van der Waals surface area contributed by atoms with Crippen LogP contribution >= 0.6 is 0 Å². The van der Waals surface area contributed by atoms with Crippen molar-refractivity contribution < 1.29 is 15.3 Å². The monoisotopic (exact) mass is 254 g/mol. The molecule has 18 heavy (non-hydrogen) atoms. The van der Waals surface area contributed by atoms with Gasteiger partial charge in [-0.3, -0.25) is 0 Å². The van der Waals surface area contributed by atoms with E-state index in [1.807, 2.05) is 0 Å². The Morgan fingerprint density at radius 3 is 2.33 bits per heavy atom. The van der Waals surface area contributed by atoms with Gasteiger partial charge in [-0.1, -0.05) is 0 Å². The Labute approximate surface area is 104 Å². The Morgan fingerprint density at radius 2 is 1.78 bits per heavy atom. The van der Waals surface area contributed by atoms with Crippen molar-refractivity contribution in [2.75, 3.05) is 37.0 Å². The molecule has 7 heteroatoms. The molecule has 5 N–H and O–H groups in total. The van der Waals surface area contributed by atoms with Crippen LogP contribution in [0.4, 0.5) is 5.82 Å². The van der Waals surface area contributed by atoms with Gasteiger partial charge in [-0.05, 0) is 0 Å². The molecule has 0 amide bonds. The molecule has 0 unspecified atom stereocenters. The number of aromatic hydroxyl groups is 1. The highest BCUT2D eigenvalue weighted by Crippen LogP contribution is 2.28. The molecule has 0 bridgehead atoms. The smallest absolute Gasteiger partial charge is 0.193 e. The lowest BCUT2D eigenvalue weighted by Gasteiger charge is -2.26. The van der Waals surface area contributed by atoms with Crippen molar-refractivity contribution in [2.24, 2.45) is 7.05 Å². The average Bonchev–Trinajstić information content (AvgIpc) is 2.77. The van der Waals surface area contributed by atoms with Crippen LogP contribution in [0.3, 0.4) is 0 Å². The molecule has 0 fully saturated rings. The van der Waals surface area contributed by atoms with Crippen LogP contribution in [0.15, 0.2) is 12.1 Å². The third-order valence-electron chi connectivity index (χ3n) is 2.99. The zero-order chi connectivity index (χ0) is 13.3. The summed E-state index contributed by atoms with van der Waals surface area (Å²) in [7, 11) is 1.74. The summed E-state index contributed by atoms with van der Waals surface area (Å²) in [4.78, 5) is 0. The van der Waals surface area contributed by atoms with Gasteiger partial charge in [0.1, 0.15) is 5.82 Å². The van der Waals surface area contributed by atoms with E-state index in [-0.39, 0.29) is 19.1 Å². The van der Waals surface area contributed by atoms with E-state index in [1.165, 1.54) is 0 Å². The summed E-state index contributed by atoms with van der Waals surface area (Å²) < 4.78 is 3.32. The third kappa shape index (κ3) is 1.87. The molecule has 0 aliphatic carbocycles. The van der Waals surface area contributed by atoms with Gasteiger partial charge in [0.2, 0.25) is 0 Å². The van der Waals surface area contributed by atoms with E-state index in [2.05, 4.69) is 0 Å². The number of hydrogen-bond acceptors (Lipinski definition) is 5. The van der Waals surface area contributed by atoms with Crippen molar-refractivity contribution in [2.45, 2.75) is 0 Å². The molecule has 0 spiro atoms. The van der Waals surface area contributed by atoms with Crippen LogP contribution in [0.5, 0.6) is 5.88 Å². The minimum atomic E-state index is -0.0437. The first-order valence-electron chi connectivity index (χ1n) is 5.72. The summed E-state index contributed by atoms with van der Waals surface area (Å²) in [5.41, 5.74) is 7.48. The van der Waals surface area contributed by atoms with E-state index < -0.39 is 0 Å². The van der Waals surface area contributed by atoms with E-state index in [0.29, 0.717) is 18.9 Å². The van der Waals surface area contributed by atoms with Crippen molar-refractivity contribution in [1.82, 2.24) is 9.24 Å². The number of aryl methyl sites for hydroxylation is 1. The topological polar surface area (TPSA) is 99.8 Å². The molecule has 2 rings (SSSR count). The molecule has 0 aromatic carbocycles. The van der Waals surface area contributed by atoms with E-state index in [0.717, 1.165) is 11.0 Å². The quantitative estimate of drug-likeness (QED) is 0.559. The number of hydrogen-bond donors (Lipinski definition) is 4. The zero-order valence-corrected chi connectivity index (χ0v) is 10.2. The Morgan fingerprint density at radius 1 is 1.17 bits per heavy atom. The molecular weight excluding hydrogens is 236 g/mol. The van der Waals surface area contributed by atoms with Gasteiger partial charge in [0, 0.05) is 19.2 Å². The van der Waals surface area contributed by atoms with Gasteiger partial charge < -0.3 is 30.6 Å². The molecule has 0 radical (unpaired) electrons. The van der Waals surface area contributed by atoms with Gasteiger partial charge in [0.05, 0.1) is 37.3 Å². The molecule has 100 valence electrons. The fourth-order valence-corrected chi connectivity index (χ4v) is 2.13. The molecular formula is C11H18N4O3. The highest BCUT2D eigenvalue weighted by molar-refractivity contribution is 5.84. The first kappa shape index (κ1) is 12.6. The number of nitrogens with two attached hydrogens (primary N) is 1. The second-order valence-electron chi connectivity index (χ2n) is 4.11. The molecule has 7 nitrogen and oxygen atoms in total. The van der Waals surface area contributed by atoms with Crippen LogP contribution in [0.25, 0.3) is 11.0 Å². The van der Waals surface area contributed by atoms with Gasteiger partial charge in [-0.25, -0.2) is 4.68 Å². The van der Waals surface area contributed by atoms with Crippen LogP contribution in [0.1, 0.15) is 0 Å². The van der Waals surface area contributed by atoms with E-state index >= 15 is 0 Å². The summed E-state index contributed by atoms with van der Waals surface area (Å²) in [6, 6.07) is 3.35. The van der Waals surface area contributed by atoms with Gasteiger partial charge >= 0.3 is 0 Å². The van der Waals surface area contributed by atoms with E-state index in [1.54, 1.807) is 33.4 Å². The lowest BCUT2D eigenvalue weighted by molar-refractivity contribution is 0.267. The van der Waals surface area contributed by atoms with Crippen molar-refractivity contribution in [3.8, 4) is 5.88 Å². The number of rotatable bonds is 5. The molecule has 2 aromatic rings. The molecule has 0 atom stereocenters. The number of anilines is 1. The first-order valence-corrected chi connectivity index (χ1v) is 5.72. The van der Waals surface area contributed by atoms with Crippen LogP contribution < -0.4 is 10.7 Å². The maximum atomic E-state index is 9.68. The maximum Gasteiger partial charge on any atom is 0.193 e. The summed E-state index contributed by atoms with van der Waals surface area (Å²) in [6.07, 6.45) is 0. The fourth-order valence-electron chi connectivity index (χ4n) is 2.13. The number of aliphatic hydroxyl groups is 2. The molecule has 0 aliphatic heterocycles. The Bertz CT molecular complexity index is 540. The standard InChI is InChI=1S/C11H18N4O3/c1-13-8-6-10(12)15(9(8)7-11(13)18)14(2-4-16)3-5-17/h6-7,16-18H,2-5,12H2,1H3. The van der Waals surface area contributed by atoms with Gasteiger partial charge in [-0.2, -0.15) is 0 Å². The van der Waals surface area contributed by atoms with Crippen LogP contribution in [-0.2, 0) is 7.05 Å². The van der Waals surface area contributed by atoms with Gasteiger partial charge in [-0.15, -0.1) is 0 Å². The summed E-state index contributed by atoms with van der Waals surface area (Å²) in [5.74, 6) is 0.638. The predicted octanol–water partition coefficient (Wildman–Crippen LogP) is -0.810. The van der Waals surface area contributed by atoms with E-state index in [9.17, 15) is 5.11 Å². The number of fused-ring (bicyclic) bond motifs is 1. The molecule has 0 saturated carbocycles. The molecule has 0 saturated heterocycles. The lowest BCUT2D eigenvalue weighted by atomic mass is 10.5. The fraction of sp³-hybridized carbons (Fsp3) is 0.455. The number of aromatic nitrogens is 2. The Hall–Kier alpha value is -1.86. The number of nitrogens with zero attached hydrogens (tertiary/aromatic N) is 3. The first-order chi connectivity index (χ1) is 8.60. The minimum Gasteiger partial charge on any atom is -0.494 e. The van der Waals surface area contributed by atoms with Crippen molar-refractivity contribution >= 4 is 16.9 Å². The second-order valence-corrected chi connectivity index (χ2v) is 4.11. The maximum absolute atomic E-state index is 9.68. The van der Waals surface area contributed by atoms with Crippen LogP contribution in [0, 0.1) is 0 Å². The highest BCUT2D eigenvalue weighted by atomic mass is 16.3. The zero-order valence-electron chi connectivity index (χ0n) is 10.2. The summed E-state index contributed by atoms with van der Waals surface area (Å²) in [5, 5.41) is 29.5. The van der Waals surface area contributed by atoms with Crippen molar-refractivity contribution in [3.05, 3.63) is 12.1 Å². The van der Waals surface area contributed by atoms with Gasteiger partial charge in [0.25, 0.3) is 0 Å². The SMILES string of the molecule is Cn1c(O)cc2c1cc(N)n2N(CCO)CCO. The third-order valence-corrected chi connectivity index (χ3v) is 2.99. The molecule has 2 heterocycles. The summed E-state index contributed by atoms with van der Waals surface area (Å²) >= 11 is 0. The van der Waals surface area contributed by atoms with Crippen LogP contribution in [-0.4, -0.2) is 50.9 Å². The lowest BCUT2D eigenvalue weighted by Crippen LogP contribution is -2.39. The normalized spacial score (nSPS) is 11.3. The van der Waals surface area contributed by atoms with Crippen molar-refractivity contribution in [1.29, 1.82) is 0 Å². The van der Waals surface area contributed by atoms with E-state index in [4.69, 9.17) is 15.9 Å². The van der Waals surface area contributed by atoms with Crippen LogP contribution in [0.2, 0.25) is 0 Å². The summed E-state index contributed by atoms with van der Waals surface area (Å²) in [6.45, 7) is 0.615. The molecule has 0 aliphatic rings. The highest BCUT2D eigenvalue weighted by Gasteiger charge is 2.16.